The summed E-state index contributed by atoms with van der Waals surface area (Å²) >= 11 is 0. The van der Waals surface area contributed by atoms with Crippen LogP contribution in [0.1, 0.15) is 49.1 Å². The summed E-state index contributed by atoms with van der Waals surface area (Å²) in [7, 11) is 1.50. The first-order valence-corrected chi connectivity index (χ1v) is 12.9. The van der Waals surface area contributed by atoms with Crippen molar-refractivity contribution in [2.24, 2.45) is 0 Å². The molecule has 0 spiro atoms. The Labute approximate surface area is 226 Å². The molecular weight excluding hydrogens is 495 g/mol. The second kappa shape index (κ2) is 10.1. The van der Waals surface area contributed by atoms with E-state index in [4.69, 9.17) is 4.74 Å². The molecular formula is C32H31FN2O4. The minimum atomic E-state index is -0.829. The first kappa shape index (κ1) is 26.2. The maximum absolute atomic E-state index is 13.6. The summed E-state index contributed by atoms with van der Waals surface area (Å²) in [4.78, 5) is 31.8. The number of aliphatic hydroxyl groups is 1. The van der Waals surface area contributed by atoms with Crippen molar-refractivity contribution in [1.82, 2.24) is 9.88 Å². The molecule has 7 heteroatoms. The number of benzene rings is 3. The van der Waals surface area contributed by atoms with E-state index in [0.29, 0.717) is 23.3 Å². The van der Waals surface area contributed by atoms with Crippen molar-refractivity contribution in [2.75, 3.05) is 13.7 Å². The number of H-pyrrole nitrogens is 1. The van der Waals surface area contributed by atoms with Gasteiger partial charge in [-0.3, -0.25) is 9.59 Å². The summed E-state index contributed by atoms with van der Waals surface area (Å²) in [6.07, 6.45) is 2.19. The second-order valence-electron chi connectivity index (χ2n) is 10.8. The number of aliphatic hydroxyl groups excluding tert-OH is 1. The summed E-state index contributed by atoms with van der Waals surface area (Å²) in [5.74, 6) is -1.68. The van der Waals surface area contributed by atoms with Crippen molar-refractivity contribution in [1.29, 1.82) is 0 Å². The number of amides is 1. The van der Waals surface area contributed by atoms with E-state index in [0.717, 1.165) is 22.0 Å². The average molecular weight is 527 g/mol. The van der Waals surface area contributed by atoms with E-state index in [1.54, 1.807) is 24.4 Å². The van der Waals surface area contributed by atoms with Crippen molar-refractivity contribution >= 4 is 28.4 Å². The third-order valence-electron chi connectivity index (χ3n) is 7.33. The highest BCUT2D eigenvalue weighted by molar-refractivity contribution is 6.46. The van der Waals surface area contributed by atoms with Gasteiger partial charge in [-0.15, -0.1) is 0 Å². The molecule has 6 nitrogen and oxygen atoms in total. The largest absolute Gasteiger partial charge is 0.507 e. The Morgan fingerprint density at radius 2 is 1.77 bits per heavy atom. The molecule has 1 atom stereocenters. The van der Waals surface area contributed by atoms with Crippen LogP contribution in [-0.2, 0) is 21.4 Å². The fraction of sp³-hybridized carbons (Fsp3) is 0.250. The van der Waals surface area contributed by atoms with E-state index >= 15 is 0 Å². The van der Waals surface area contributed by atoms with E-state index in [1.165, 1.54) is 24.1 Å². The van der Waals surface area contributed by atoms with E-state index in [2.05, 4.69) is 25.8 Å². The van der Waals surface area contributed by atoms with Gasteiger partial charge in [0.25, 0.3) is 11.7 Å². The summed E-state index contributed by atoms with van der Waals surface area (Å²) in [6, 6.07) is 18.4. The number of hydrogen-bond donors (Lipinski definition) is 2. The smallest absolute Gasteiger partial charge is 0.295 e. The molecule has 0 bridgehead atoms. The van der Waals surface area contributed by atoms with Crippen LogP contribution in [0, 0.1) is 5.82 Å². The Kier molecular flexibility index (Phi) is 6.76. The number of methoxy groups -OCH3 is 1. The number of Topliss-reactive ketones (excluding diaryl/α,β-unsaturated/α-hetero) is 1. The van der Waals surface area contributed by atoms with Crippen LogP contribution < -0.4 is 4.74 Å². The maximum atomic E-state index is 13.6. The second-order valence-corrected chi connectivity index (χ2v) is 10.8. The maximum Gasteiger partial charge on any atom is 0.295 e. The zero-order chi connectivity index (χ0) is 27.9. The monoisotopic (exact) mass is 526 g/mol. The molecule has 0 radical (unpaired) electrons. The van der Waals surface area contributed by atoms with Gasteiger partial charge in [-0.25, -0.2) is 4.39 Å². The minimum Gasteiger partial charge on any atom is -0.507 e. The number of halogens is 1. The Balaban J connectivity index is 1.68. The van der Waals surface area contributed by atoms with Crippen molar-refractivity contribution in [3.05, 3.63) is 107 Å². The molecule has 2 N–H and O–H groups in total. The Bertz CT molecular complexity index is 1590. The number of carbonyl (C=O) groups excluding carboxylic acids is 2. The number of aromatic nitrogens is 1. The highest BCUT2D eigenvalue weighted by Crippen LogP contribution is 2.43. The third kappa shape index (κ3) is 4.80. The molecule has 1 aromatic heterocycles. The topological polar surface area (TPSA) is 82.6 Å². The lowest BCUT2D eigenvalue weighted by Gasteiger charge is -2.25. The number of nitrogens with one attached hydrogen (secondary N) is 1. The number of aromatic amines is 1. The number of rotatable bonds is 6. The van der Waals surface area contributed by atoms with Gasteiger partial charge in [0.15, 0.2) is 0 Å². The molecule has 1 fully saturated rings. The molecule has 5 rings (SSSR count). The molecule has 0 saturated carbocycles. The van der Waals surface area contributed by atoms with Gasteiger partial charge < -0.3 is 19.7 Å². The Morgan fingerprint density at radius 1 is 1.05 bits per heavy atom. The van der Waals surface area contributed by atoms with Gasteiger partial charge in [-0.1, -0.05) is 57.2 Å². The summed E-state index contributed by atoms with van der Waals surface area (Å²) in [5.41, 5.74) is 3.47. The highest BCUT2D eigenvalue weighted by atomic mass is 19.1. The molecule has 2 heterocycles. The molecule has 1 unspecified atom stereocenters. The van der Waals surface area contributed by atoms with E-state index < -0.39 is 17.7 Å². The van der Waals surface area contributed by atoms with Gasteiger partial charge in [0.05, 0.1) is 24.3 Å². The zero-order valence-corrected chi connectivity index (χ0v) is 22.4. The lowest BCUT2D eigenvalue weighted by molar-refractivity contribution is -0.139. The van der Waals surface area contributed by atoms with Gasteiger partial charge in [0.2, 0.25) is 0 Å². The van der Waals surface area contributed by atoms with Crippen LogP contribution in [0.15, 0.2) is 78.5 Å². The zero-order valence-electron chi connectivity index (χ0n) is 22.4. The number of hydrogen-bond acceptors (Lipinski definition) is 4. The number of nitrogens with zero attached hydrogens (tertiary/aromatic N) is 1. The highest BCUT2D eigenvalue weighted by Gasteiger charge is 2.47. The molecule has 3 aromatic carbocycles. The van der Waals surface area contributed by atoms with E-state index in [-0.39, 0.29) is 29.1 Å². The fourth-order valence-corrected chi connectivity index (χ4v) is 5.16. The summed E-state index contributed by atoms with van der Waals surface area (Å²) in [6.45, 7) is 6.37. The first-order chi connectivity index (χ1) is 18.6. The Morgan fingerprint density at radius 3 is 2.46 bits per heavy atom. The van der Waals surface area contributed by atoms with E-state index in [1.807, 2.05) is 36.4 Å². The van der Waals surface area contributed by atoms with Crippen LogP contribution in [0.5, 0.6) is 5.75 Å². The summed E-state index contributed by atoms with van der Waals surface area (Å²) in [5, 5.41) is 12.6. The minimum absolute atomic E-state index is 0.00761. The Hall–Kier alpha value is -4.39. The standard InChI is InChI=1S/C32H31FN2O4/c1-32(2,3)20-11-14-26(39-4)23(17-20)29(36)27-28(24-18-34-25-8-6-5-7-22(24)25)35(31(38)30(27)37)16-15-19-9-12-21(33)13-10-19/h5-14,17-18,28,34,36H,15-16H2,1-4H3/b29-27+. The van der Waals surface area contributed by atoms with Crippen LogP contribution >= 0.6 is 0 Å². The van der Waals surface area contributed by atoms with Gasteiger partial charge in [-0.2, -0.15) is 0 Å². The molecule has 1 amide bonds. The molecule has 200 valence electrons. The number of para-hydroxylation sites is 1. The van der Waals surface area contributed by atoms with Crippen molar-refractivity contribution in [2.45, 2.75) is 38.6 Å². The molecule has 1 aliphatic rings. The predicted octanol–water partition coefficient (Wildman–Crippen LogP) is 6.28. The molecule has 0 aliphatic carbocycles. The molecule has 1 aliphatic heterocycles. The predicted molar refractivity (Wildman–Crippen MR) is 149 cm³/mol. The lowest BCUT2D eigenvalue weighted by atomic mass is 9.85. The van der Waals surface area contributed by atoms with Gasteiger partial charge in [-0.05, 0) is 53.3 Å². The van der Waals surface area contributed by atoms with Crippen molar-refractivity contribution < 1.29 is 23.8 Å². The number of ether oxygens (including phenoxy) is 1. The average Bonchev–Trinajstić information content (AvgIpc) is 3.45. The van der Waals surface area contributed by atoms with Crippen LogP contribution in [0.3, 0.4) is 0 Å². The summed E-state index contributed by atoms with van der Waals surface area (Å²) < 4.78 is 19.0. The van der Waals surface area contributed by atoms with Crippen molar-refractivity contribution in [3.8, 4) is 5.75 Å². The van der Waals surface area contributed by atoms with Crippen LogP contribution in [0.25, 0.3) is 16.7 Å². The number of carbonyl (C=O) groups is 2. The quantitative estimate of drug-likeness (QED) is 0.176. The number of fused-ring (bicyclic) bond motifs is 1. The first-order valence-electron chi connectivity index (χ1n) is 12.9. The molecule has 39 heavy (non-hydrogen) atoms. The SMILES string of the molecule is COc1ccc(C(C)(C)C)cc1/C(O)=C1\C(=O)C(=O)N(CCc2ccc(F)cc2)C1c1c[nH]c2ccccc12. The van der Waals surface area contributed by atoms with Crippen LogP contribution in [-0.4, -0.2) is 40.3 Å². The fourth-order valence-electron chi connectivity index (χ4n) is 5.16. The van der Waals surface area contributed by atoms with E-state index in [9.17, 15) is 19.1 Å². The van der Waals surface area contributed by atoms with Crippen LogP contribution in [0.2, 0.25) is 0 Å². The number of likely N-dealkylation sites (tertiary alicyclic amines) is 1. The lowest BCUT2D eigenvalue weighted by Crippen LogP contribution is -2.31. The number of ketones is 1. The van der Waals surface area contributed by atoms with Crippen LogP contribution in [0.4, 0.5) is 4.39 Å². The van der Waals surface area contributed by atoms with Gasteiger partial charge >= 0.3 is 0 Å². The normalized spacial score (nSPS) is 17.3. The molecule has 1 saturated heterocycles. The third-order valence-corrected chi connectivity index (χ3v) is 7.33. The van der Waals surface area contributed by atoms with Gasteiger partial charge in [0.1, 0.15) is 17.3 Å². The van der Waals surface area contributed by atoms with Crippen molar-refractivity contribution in [3.63, 3.8) is 0 Å². The molecule has 4 aromatic rings. The van der Waals surface area contributed by atoms with Gasteiger partial charge in [0, 0.05) is 29.2 Å².